The molecule has 0 fully saturated rings. The lowest BCUT2D eigenvalue weighted by Crippen LogP contribution is -1.98. The van der Waals surface area contributed by atoms with Crippen molar-refractivity contribution in [3.8, 4) is 0 Å². The molecule has 15 heavy (non-hydrogen) atoms. The average Bonchev–Trinajstić information content (AvgIpc) is 2.46. The van der Waals surface area contributed by atoms with Crippen LogP contribution in [0.15, 0.2) is 11.4 Å². The van der Waals surface area contributed by atoms with Crippen LogP contribution in [0, 0.1) is 0 Å². The number of allylic oxidation sites excluding steroid dienone is 2. The summed E-state index contributed by atoms with van der Waals surface area (Å²) in [5, 5.41) is 0.892. The topological polar surface area (TPSA) is 35.5 Å². The molecule has 0 saturated carbocycles. The second-order valence-electron chi connectivity index (χ2n) is 3.63. The van der Waals surface area contributed by atoms with Gasteiger partial charge in [-0.2, -0.15) is 0 Å². The number of hydrogen-bond donors (Lipinski definition) is 0. The van der Waals surface area contributed by atoms with E-state index >= 15 is 0 Å². The Morgan fingerprint density at radius 3 is 2.47 bits per heavy atom. The zero-order valence-electron chi connectivity index (χ0n) is 9.70. The molecule has 1 rings (SSSR count). The third-order valence-corrected chi connectivity index (χ3v) is 4.77. The van der Waals surface area contributed by atoms with E-state index in [0.29, 0.717) is 13.2 Å². The molecule has 0 amide bonds. The van der Waals surface area contributed by atoms with Gasteiger partial charge in [-0.15, -0.1) is 0 Å². The van der Waals surface area contributed by atoms with Crippen LogP contribution in [-0.2, 0) is 13.6 Å². The van der Waals surface area contributed by atoms with Gasteiger partial charge in [0.25, 0.3) is 0 Å². The van der Waals surface area contributed by atoms with E-state index in [1.54, 1.807) is 0 Å². The summed E-state index contributed by atoms with van der Waals surface area (Å²) in [4.78, 5) is 0. The molecule has 0 heterocycles. The molecule has 0 N–H and O–H groups in total. The maximum absolute atomic E-state index is 12.4. The Bertz CT molecular complexity index is 251. The van der Waals surface area contributed by atoms with Crippen molar-refractivity contribution in [2.45, 2.75) is 46.0 Å². The zero-order valence-corrected chi connectivity index (χ0v) is 10.6. The van der Waals surface area contributed by atoms with Crippen molar-refractivity contribution in [2.75, 3.05) is 13.2 Å². The average molecular weight is 232 g/mol. The minimum absolute atomic E-state index is 0.439. The van der Waals surface area contributed by atoms with Gasteiger partial charge in [0.05, 0.1) is 13.2 Å². The molecule has 88 valence electrons. The smallest absolute Gasteiger partial charge is 0.306 e. The summed E-state index contributed by atoms with van der Waals surface area (Å²) in [6, 6.07) is 0. The largest absolute Gasteiger partial charge is 0.356 e. The van der Waals surface area contributed by atoms with Gasteiger partial charge in [0.15, 0.2) is 0 Å². The zero-order chi connectivity index (χ0) is 11.1. The van der Waals surface area contributed by atoms with Crippen molar-refractivity contribution in [1.29, 1.82) is 0 Å². The lowest BCUT2D eigenvalue weighted by atomic mass is 10.2. The highest BCUT2D eigenvalue weighted by molar-refractivity contribution is 7.58. The molecular weight excluding hydrogens is 211 g/mol. The van der Waals surface area contributed by atoms with Gasteiger partial charge in [-0.05, 0) is 39.5 Å². The summed E-state index contributed by atoms with van der Waals surface area (Å²) in [5.74, 6) is 0. The van der Waals surface area contributed by atoms with Crippen LogP contribution in [0.25, 0.3) is 0 Å². The van der Waals surface area contributed by atoms with Crippen LogP contribution in [-0.4, -0.2) is 13.2 Å². The van der Waals surface area contributed by atoms with Crippen molar-refractivity contribution >= 4 is 7.60 Å². The minimum atomic E-state index is -2.96. The van der Waals surface area contributed by atoms with E-state index in [2.05, 4.69) is 6.08 Å². The maximum atomic E-state index is 12.4. The van der Waals surface area contributed by atoms with Crippen LogP contribution in [0.3, 0.4) is 0 Å². The molecule has 0 bridgehead atoms. The summed E-state index contributed by atoms with van der Waals surface area (Å²) < 4.78 is 23.1. The molecule has 0 aromatic rings. The molecule has 0 saturated heterocycles. The number of hydrogen-bond acceptors (Lipinski definition) is 3. The van der Waals surface area contributed by atoms with Gasteiger partial charge in [0, 0.05) is 5.31 Å². The minimum Gasteiger partial charge on any atom is -0.306 e. The Morgan fingerprint density at radius 1 is 1.20 bits per heavy atom. The molecule has 0 unspecified atom stereocenters. The first-order valence-electron chi connectivity index (χ1n) is 5.81. The SMILES string of the molecule is CCOP(=O)(OCC)C1=CCCCCC1. The molecule has 0 aromatic heterocycles. The Balaban J connectivity index is 2.76. The predicted molar refractivity (Wildman–Crippen MR) is 62.0 cm³/mol. The molecule has 0 aliphatic heterocycles. The van der Waals surface area contributed by atoms with Crippen LogP contribution < -0.4 is 0 Å². The summed E-state index contributed by atoms with van der Waals surface area (Å²) in [5.41, 5.74) is 0. The van der Waals surface area contributed by atoms with Gasteiger partial charge < -0.3 is 9.05 Å². The monoisotopic (exact) mass is 232 g/mol. The van der Waals surface area contributed by atoms with E-state index in [4.69, 9.17) is 9.05 Å². The van der Waals surface area contributed by atoms with E-state index < -0.39 is 7.60 Å². The second kappa shape index (κ2) is 6.47. The van der Waals surface area contributed by atoms with Crippen LogP contribution in [0.5, 0.6) is 0 Å². The lowest BCUT2D eigenvalue weighted by molar-refractivity contribution is 0.225. The van der Waals surface area contributed by atoms with Gasteiger partial charge in [-0.3, -0.25) is 4.57 Å². The first-order valence-corrected chi connectivity index (χ1v) is 7.36. The van der Waals surface area contributed by atoms with Crippen molar-refractivity contribution in [1.82, 2.24) is 0 Å². The van der Waals surface area contributed by atoms with E-state index in [0.717, 1.165) is 24.6 Å². The summed E-state index contributed by atoms with van der Waals surface area (Å²) in [7, 11) is -2.96. The fraction of sp³-hybridized carbons (Fsp3) is 0.818. The Morgan fingerprint density at radius 2 is 1.87 bits per heavy atom. The predicted octanol–water partition coefficient (Wildman–Crippen LogP) is 4.10. The molecule has 0 radical (unpaired) electrons. The fourth-order valence-electron chi connectivity index (χ4n) is 1.79. The van der Waals surface area contributed by atoms with Gasteiger partial charge in [-0.1, -0.05) is 12.5 Å². The van der Waals surface area contributed by atoms with Gasteiger partial charge in [-0.25, -0.2) is 0 Å². The maximum Gasteiger partial charge on any atom is 0.356 e. The molecule has 1 aliphatic carbocycles. The Labute approximate surface area is 92.4 Å². The fourth-order valence-corrected chi connectivity index (χ4v) is 3.66. The molecular formula is C11H21O3P. The van der Waals surface area contributed by atoms with Crippen LogP contribution in [0.2, 0.25) is 0 Å². The second-order valence-corrected chi connectivity index (χ2v) is 5.71. The summed E-state index contributed by atoms with van der Waals surface area (Å²) in [6.07, 6.45) is 7.39. The van der Waals surface area contributed by atoms with E-state index in [1.165, 1.54) is 12.8 Å². The molecule has 0 aromatic carbocycles. The highest BCUT2D eigenvalue weighted by Crippen LogP contribution is 2.58. The van der Waals surface area contributed by atoms with Crippen LogP contribution >= 0.6 is 7.60 Å². The molecule has 1 aliphatic rings. The van der Waals surface area contributed by atoms with Crippen molar-refractivity contribution in [3.05, 3.63) is 11.4 Å². The molecule has 0 atom stereocenters. The summed E-state index contributed by atoms with van der Waals surface area (Å²) in [6.45, 7) is 4.58. The van der Waals surface area contributed by atoms with E-state index in [-0.39, 0.29) is 0 Å². The van der Waals surface area contributed by atoms with Crippen molar-refractivity contribution < 1.29 is 13.6 Å². The standard InChI is InChI=1S/C11H21O3P/c1-3-13-15(12,14-4-2)11-9-7-5-6-8-10-11/h9H,3-8,10H2,1-2H3. The normalized spacial score (nSPS) is 18.4. The van der Waals surface area contributed by atoms with Gasteiger partial charge in [0.1, 0.15) is 0 Å². The van der Waals surface area contributed by atoms with Crippen LogP contribution in [0.4, 0.5) is 0 Å². The molecule has 3 nitrogen and oxygen atoms in total. The molecule has 0 spiro atoms. The third kappa shape index (κ3) is 3.75. The van der Waals surface area contributed by atoms with Crippen LogP contribution in [0.1, 0.15) is 46.0 Å². The number of rotatable bonds is 5. The third-order valence-electron chi connectivity index (χ3n) is 2.47. The van der Waals surface area contributed by atoms with Gasteiger partial charge in [0.2, 0.25) is 0 Å². The van der Waals surface area contributed by atoms with Gasteiger partial charge >= 0.3 is 7.60 Å². The highest BCUT2D eigenvalue weighted by atomic mass is 31.2. The lowest BCUT2D eigenvalue weighted by Gasteiger charge is -2.19. The Hall–Kier alpha value is -0.110. The highest BCUT2D eigenvalue weighted by Gasteiger charge is 2.29. The quantitative estimate of drug-likeness (QED) is 0.669. The molecule has 4 heteroatoms. The van der Waals surface area contributed by atoms with E-state index in [1.807, 2.05) is 13.8 Å². The first kappa shape index (κ1) is 13.0. The van der Waals surface area contributed by atoms with Crippen molar-refractivity contribution in [2.24, 2.45) is 0 Å². The Kier molecular flexibility index (Phi) is 5.59. The first-order chi connectivity index (χ1) is 7.23. The summed E-state index contributed by atoms with van der Waals surface area (Å²) >= 11 is 0. The van der Waals surface area contributed by atoms with E-state index in [9.17, 15) is 4.57 Å². The van der Waals surface area contributed by atoms with Crippen molar-refractivity contribution in [3.63, 3.8) is 0 Å².